The molecule has 2 heterocycles. The first-order valence-corrected chi connectivity index (χ1v) is 8.95. The van der Waals surface area contributed by atoms with Crippen LogP contribution < -0.4 is 10.1 Å². The van der Waals surface area contributed by atoms with Crippen LogP contribution in [0.1, 0.15) is 24.1 Å². The predicted molar refractivity (Wildman–Crippen MR) is 97.1 cm³/mol. The lowest BCUT2D eigenvalue weighted by molar-refractivity contribution is 0.0775. The lowest BCUT2D eigenvalue weighted by Gasteiger charge is -2.22. The quantitative estimate of drug-likeness (QED) is 0.844. The van der Waals surface area contributed by atoms with Crippen molar-refractivity contribution in [3.05, 3.63) is 40.0 Å². The molecular formula is C18H22BrN3O2. The van der Waals surface area contributed by atoms with Crippen molar-refractivity contribution in [3.8, 4) is 17.0 Å². The molecule has 0 amide bonds. The summed E-state index contributed by atoms with van der Waals surface area (Å²) >= 11 is 3.50. The molecule has 1 aromatic carbocycles. The van der Waals surface area contributed by atoms with Crippen LogP contribution in [0.25, 0.3) is 11.3 Å². The Morgan fingerprint density at radius 3 is 2.71 bits per heavy atom. The molecule has 24 heavy (non-hydrogen) atoms. The monoisotopic (exact) mass is 391 g/mol. The molecule has 1 saturated heterocycles. The van der Waals surface area contributed by atoms with Crippen LogP contribution in [0.2, 0.25) is 0 Å². The molecule has 0 radical (unpaired) electrons. The van der Waals surface area contributed by atoms with Gasteiger partial charge >= 0.3 is 0 Å². The zero-order chi connectivity index (χ0) is 16.9. The number of aryl methyl sites for hydroxylation is 1. The van der Waals surface area contributed by atoms with Crippen LogP contribution in [0, 0.1) is 6.92 Å². The normalized spacial score (nSPS) is 15.5. The first-order valence-electron chi connectivity index (χ1n) is 8.15. The van der Waals surface area contributed by atoms with E-state index in [4.69, 9.17) is 9.47 Å². The Hall–Kier alpha value is -1.50. The molecule has 1 aliphatic rings. The van der Waals surface area contributed by atoms with E-state index in [-0.39, 0.29) is 0 Å². The fourth-order valence-electron chi connectivity index (χ4n) is 2.94. The summed E-state index contributed by atoms with van der Waals surface area (Å²) in [4.78, 5) is 0. The van der Waals surface area contributed by atoms with Crippen molar-refractivity contribution in [1.29, 1.82) is 0 Å². The molecule has 0 unspecified atom stereocenters. The SMILES string of the molecule is COc1cc(Br)cc(C)c1-c1ccc(CNC2CCOCC2)nn1. The lowest BCUT2D eigenvalue weighted by atomic mass is 10.0. The van der Waals surface area contributed by atoms with Crippen molar-refractivity contribution in [1.82, 2.24) is 15.5 Å². The number of hydrogen-bond acceptors (Lipinski definition) is 5. The van der Waals surface area contributed by atoms with E-state index in [1.54, 1.807) is 7.11 Å². The maximum Gasteiger partial charge on any atom is 0.129 e. The van der Waals surface area contributed by atoms with Gasteiger partial charge in [0.15, 0.2) is 0 Å². The van der Waals surface area contributed by atoms with E-state index >= 15 is 0 Å². The van der Waals surface area contributed by atoms with Gasteiger partial charge < -0.3 is 14.8 Å². The molecule has 1 N–H and O–H groups in total. The largest absolute Gasteiger partial charge is 0.496 e. The number of halogens is 1. The fourth-order valence-corrected chi connectivity index (χ4v) is 3.49. The molecule has 3 rings (SSSR count). The number of ether oxygens (including phenoxy) is 2. The van der Waals surface area contributed by atoms with Crippen molar-refractivity contribution in [2.75, 3.05) is 20.3 Å². The van der Waals surface area contributed by atoms with Gasteiger partial charge in [0.1, 0.15) is 5.75 Å². The molecule has 0 bridgehead atoms. The van der Waals surface area contributed by atoms with Crippen LogP contribution >= 0.6 is 15.9 Å². The van der Waals surface area contributed by atoms with Gasteiger partial charge in [0.2, 0.25) is 0 Å². The second kappa shape index (κ2) is 8.05. The Bertz CT molecular complexity index is 685. The fraction of sp³-hybridized carbons (Fsp3) is 0.444. The molecule has 1 aliphatic heterocycles. The summed E-state index contributed by atoms with van der Waals surface area (Å²) in [6.07, 6.45) is 2.11. The predicted octanol–water partition coefficient (Wildman–Crippen LogP) is 3.49. The number of nitrogens with zero attached hydrogens (tertiary/aromatic N) is 2. The Balaban J connectivity index is 1.72. The Morgan fingerprint density at radius 1 is 1.25 bits per heavy atom. The van der Waals surface area contributed by atoms with Gasteiger partial charge in [-0.25, -0.2) is 0 Å². The number of benzene rings is 1. The third kappa shape index (κ3) is 4.12. The van der Waals surface area contributed by atoms with Crippen molar-refractivity contribution < 1.29 is 9.47 Å². The molecule has 128 valence electrons. The average Bonchev–Trinajstić information content (AvgIpc) is 2.61. The number of rotatable bonds is 5. The summed E-state index contributed by atoms with van der Waals surface area (Å²) in [5.41, 5.74) is 3.85. The smallest absolute Gasteiger partial charge is 0.129 e. The van der Waals surface area contributed by atoms with Gasteiger partial charge in [0, 0.05) is 35.8 Å². The van der Waals surface area contributed by atoms with Crippen LogP contribution in [0.5, 0.6) is 5.75 Å². The van der Waals surface area contributed by atoms with E-state index in [0.29, 0.717) is 6.04 Å². The van der Waals surface area contributed by atoms with E-state index in [9.17, 15) is 0 Å². The van der Waals surface area contributed by atoms with E-state index in [1.165, 1.54) is 0 Å². The van der Waals surface area contributed by atoms with Crippen LogP contribution in [0.3, 0.4) is 0 Å². The van der Waals surface area contributed by atoms with Gasteiger partial charge in [-0.15, -0.1) is 0 Å². The minimum absolute atomic E-state index is 0.508. The first kappa shape index (κ1) is 17.3. The second-order valence-electron chi connectivity index (χ2n) is 5.98. The highest BCUT2D eigenvalue weighted by atomic mass is 79.9. The third-order valence-electron chi connectivity index (χ3n) is 4.25. The number of nitrogens with one attached hydrogen (secondary N) is 1. The lowest BCUT2D eigenvalue weighted by Crippen LogP contribution is -2.34. The van der Waals surface area contributed by atoms with Gasteiger partial charge in [-0.1, -0.05) is 15.9 Å². The highest BCUT2D eigenvalue weighted by Gasteiger charge is 2.15. The molecule has 0 saturated carbocycles. The van der Waals surface area contributed by atoms with Crippen molar-refractivity contribution in [2.45, 2.75) is 32.4 Å². The van der Waals surface area contributed by atoms with E-state index in [1.807, 2.05) is 25.1 Å². The van der Waals surface area contributed by atoms with E-state index in [0.717, 1.165) is 65.3 Å². The summed E-state index contributed by atoms with van der Waals surface area (Å²) < 4.78 is 11.9. The number of hydrogen-bond donors (Lipinski definition) is 1. The molecule has 1 fully saturated rings. The van der Waals surface area contributed by atoms with Crippen molar-refractivity contribution >= 4 is 15.9 Å². The summed E-state index contributed by atoms with van der Waals surface area (Å²) in [6.45, 7) is 4.45. The van der Waals surface area contributed by atoms with E-state index < -0.39 is 0 Å². The summed E-state index contributed by atoms with van der Waals surface area (Å²) in [5.74, 6) is 0.796. The topological polar surface area (TPSA) is 56.3 Å². The van der Waals surface area contributed by atoms with Crippen LogP contribution in [-0.2, 0) is 11.3 Å². The van der Waals surface area contributed by atoms with Gasteiger partial charge in [-0.2, -0.15) is 10.2 Å². The molecule has 6 heteroatoms. The van der Waals surface area contributed by atoms with Crippen LogP contribution in [0.15, 0.2) is 28.7 Å². The molecule has 2 aromatic rings. The number of methoxy groups -OCH3 is 1. The molecule has 5 nitrogen and oxygen atoms in total. The van der Waals surface area contributed by atoms with Crippen LogP contribution in [-0.4, -0.2) is 36.6 Å². The zero-order valence-electron chi connectivity index (χ0n) is 14.0. The standard InChI is InChI=1S/C18H22BrN3O2/c1-12-9-13(19)10-17(23-2)18(12)16-4-3-15(21-22-16)11-20-14-5-7-24-8-6-14/h3-4,9-10,14,20H,5-8,11H2,1-2H3. The average molecular weight is 392 g/mol. The van der Waals surface area contributed by atoms with Crippen molar-refractivity contribution in [2.24, 2.45) is 0 Å². The minimum Gasteiger partial charge on any atom is -0.496 e. The third-order valence-corrected chi connectivity index (χ3v) is 4.71. The maximum absolute atomic E-state index is 5.50. The summed E-state index contributed by atoms with van der Waals surface area (Å²) in [7, 11) is 1.67. The van der Waals surface area contributed by atoms with Gasteiger partial charge in [0.25, 0.3) is 0 Å². The van der Waals surface area contributed by atoms with Gasteiger partial charge in [-0.05, 0) is 49.6 Å². The first-order chi connectivity index (χ1) is 11.7. The second-order valence-corrected chi connectivity index (χ2v) is 6.89. The van der Waals surface area contributed by atoms with Gasteiger partial charge in [-0.3, -0.25) is 0 Å². The molecule has 0 spiro atoms. The summed E-state index contributed by atoms with van der Waals surface area (Å²) in [5, 5.41) is 12.3. The highest BCUT2D eigenvalue weighted by molar-refractivity contribution is 9.10. The Kier molecular flexibility index (Phi) is 5.81. The maximum atomic E-state index is 5.50. The molecular weight excluding hydrogens is 370 g/mol. The van der Waals surface area contributed by atoms with Crippen molar-refractivity contribution in [3.63, 3.8) is 0 Å². The molecule has 0 atom stereocenters. The zero-order valence-corrected chi connectivity index (χ0v) is 15.6. The Morgan fingerprint density at radius 2 is 2.04 bits per heavy atom. The highest BCUT2D eigenvalue weighted by Crippen LogP contribution is 2.34. The molecule has 0 aliphatic carbocycles. The molecule has 1 aromatic heterocycles. The number of aromatic nitrogens is 2. The minimum atomic E-state index is 0.508. The Labute approximate surface area is 150 Å². The van der Waals surface area contributed by atoms with Gasteiger partial charge in [0.05, 0.1) is 18.5 Å². The van der Waals surface area contributed by atoms with Crippen LogP contribution in [0.4, 0.5) is 0 Å². The summed E-state index contributed by atoms with van der Waals surface area (Å²) in [6, 6.07) is 8.54. The van der Waals surface area contributed by atoms with E-state index in [2.05, 4.69) is 37.5 Å².